The minimum absolute atomic E-state index is 0.146. The van der Waals surface area contributed by atoms with E-state index in [1.165, 1.54) is 70.6 Å². The van der Waals surface area contributed by atoms with Crippen LogP contribution in [-0.2, 0) is 0 Å². The lowest BCUT2D eigenvalue weighted by atomic mass is 9.33. The van der Waals surface area contributed by atoms with Crippen molar-refractivity contribution in [3.8, 4) is 56.2 Å². The summed E-state index contributed by atoms with van der Waals surface area (Å²) in [5.74, 6) is 0.653. The first-order chi connectivity index (χ1) is 39.1. The van der Waals surface area contributed by atoms with E-state index in [1.54, 1.807) is 0 Å². The highest BCUT2D eigenvalue weighted by Crippen LogP contribution is 2.48. The van der Waals surface area contributed by atoms with Crippen molar-refractivity contribution in [3.05, 3.63) is 285 Å². The number of hydrogen-bond donors (Lipinski definition) is 0. The molecule has 0 radical (unpaired) electrons. The van der Waals surface area contributed by atoms with E-state index < -0.39 is 0 Å². The maximum atomic E-state index is 5.54. The summed E-state index contributed by atoms with van der Waals surface area (Å²) < 4.78 is 0. The summed E-state index contributed by atoms with van der Waals surface area (Å²) in [6.45, 7) is -0.146. The molecular weight excluding hydrogens is 956 g/mol. The lowest BCUT2D eigenvalue weighted by Gasteiger charge is -2.44. The quantitative estimate of drug-likeness (QED) is 0.118. The highest BCUT2D eigenvalue weighted by molar-refractivity contribution is 7.00. The van der Waals surface area contributed by atoms with Crippen LogP contribution in [0.3, 0.4) is 0 Å². The van der Waals surface area contributed by atoms with E-state index in [9.17, 15) is 0 Å². The van der Waals surface area contributed by atoms with Crippen LogP contribution in [-0.4, -0.2) is 16.7 Å². The zero-order valence-corrected chi connectivity index (χ0v) is 43.0. The summed E-state index contributed by atoms with van der Waals surface area (Å²) in [7, 11) is 0. The number of aromatic nitrogens is 2. The van der Waals surface area contributed by atoms with Crippen LogP contribution in [0.25, 0.3) is 99.2 Å². The van der Waals surface area contributed by atoms with Crippen LogP contribution < -0.4 is 26.2 Å². The highest BCUT2D eigenvalue weighted by atomic mass is 15.2. The largest absolute Gasteiger partial charge is 0.311 e. The second kappa shape index (κ2) is 18.2. The van der Waals surface area contributed by atoms with Crippen LogP contribution in [0, 0.1) is 0 Å². The molecule has 14 aromatic rings. The molecule has 0 saturated carbocycles. The maximum absolute atomic E-state index is 5.54. The molecule has 0 aliphatic carbocycles. The van der Waals surface area contributed by atoms with E-state index in [0.717, 1.165) is 73.3 Å². The van der Waals surface area contributed by atoms with E-state index in [1.807, 2.05) is 0 Å². The molecule has 0 atom stereocenters. The fourth-order valence-electron chi connectivity index (χ4n) is 12.6. The molecule has 3 heterocycles. The molecule has 0 unspecified atom stereocenters. The Morgan fingerprint density at radius 1 is 0.253 bits per heavy atom. The third-order valence-electron chi connectivity index (χ3n) is 16.4. The molecular formula is C74H47BN4. The van der Waals surface area contributed by atoms with Crippen molar-refractivity contribution in [2.75, 3.05) is 9.80 Å². The van der Waals surface area contributed by atoms with E-state index in [2.05, 4.69) is 295 Å². The summed E-state index contributed by atoms with van der Waals surface area (Å²) in [6.07, 6.45) is 0. The normalized spacial score (nSPS) is 12.5. The Balaban J connectivity index is 1.03. The van der Waals surface area contributed by atoms with Gasteiger partial charge in [-0.15, -0.1) is 0 Å². The van der Waals surface area contributed by atoms with E-state index in [-0.39, 0.29) is 6.71 Å². The number of fused-ring (bicyclic) bond motifs is 10. The van der Waals surface area contributed by atoms with Gasteiger partial charge in [0.15, 0.2) is 5.82 Å². The molecule has 0 amide bonds. The van der Waals surface area contributed by atoms with Crippen molar-refractivity contribution in [1.82, 2.24) is 9.97 Å². The molecule has 0 saturated heterocycles. The average Bonchev–Trinajstić information content (AvgIpc) is 3.54. The Morgan fingerprint density at radius 2 is 0.620 bits per heavy atom. The van der Waals surface area contributed by atoms with Gasteiger partial charge in [-0.2, -0.15) is 0 Å². The molecule has 4 nitrogen and oxygen atoms in total. The van der Waals surface area contributed by atoms with Crippen molar-refractivity contribution >= 4 is 100 Å². The zero-order valence-electron chi connectivity index (χ0n) is 43.0. The summed E-state index contributed by atoms with van der Waals surface area (Å²) in [4.78, 5) is 16.1. The predicted molar refractivity (Wildman–Crippen MR) is 333 cm³/mol. The van der Waals surface area contributed by atoms with Crippen LogP contribution in [0.4, 0.5) is 34.1 Å². The fourth-order valence-corrected chi connectivity index (χ4v) is 12.6. The van der Waals surface area contributed by atoms with E-state index >= 15 is 0 Å². The number of rotatable bonds is 7. The molecule has 16 rings (SSSR count). The molecule has 0 N–H and O–H groups in total. The Bertz CT molecular complexity index is 4410. The summed E-state index contributed by atoms with van der Waals surface area (Å²) in [5, 5.41) is 9.76. The van der Waals surface area contributed by atoms with Gasteiger partial charge < -0.3 is 9.80 Å². The van der Waals surface area contributed by atoms with Crippen molar-refractivity contribution in [1.29, 1.82) is 0 Å². The molecule has 0 bridgehead atoms. The zero-order chi connectivity index (χ0) is 52.0. The lowest BCUT2D eigenvalue weighted by Crippen LogP contribution is -2.61. The highest BCUT2D eigenvalue weighted by Gasteiger charge is 2.44. The molecule has 0 fully saturated rings. The van der Waals surface area contributed by atoms with Gasteiger partial charge in [0.1, 0.15) is 0 Å². The van der Waals surface area contributed by atoms with Gasteiger partial charge in [0, 0.05) is 50.8 Å². The second-order valence-electron chi connectivity index (χ2n) is 20.9. The number of hydrogen-bond acceptors (Lipinski definition) is 4. The summed E-state index contributed by atoms with van der Waals surface area (Å²) >= 11 is 0. The van der Waals surface area contributed by atoms with Crippen molar-refractivity contribution < 1.29 is 0 Å². The number of anilines is 6. The minimum Gasteiger partial charge on any atom is -0.311 e. The number of nitrogens with zero attached hydrogens (tertiary/aromatic N) is 4. The van der Waals surface area contributed by atoms with Crippen LogP contribution in [0.5, 0.6) is 0 Å². The Morgan fingerprint density at radius 3 is 1.05 bits per heavy atom. The van der Waals surface area contributed by atoms with Crippen LogP contribution in [0.1, 0.15) is 0 Å². The Kier molecular flexibility index (Phi) is 10.3. The molecule has 1 aromatic heterocycles. The fraction of sp³-hybridized carbons (Fsp3) is 0. The second-order valence-corrected chi connectivity index (χ2v) is 20.9. The summed E-state index contributed by atoms with van der Waals surface area (Å²) in [5.41, 5.74) is 19.7. The maximum Gasteiger partial charge on any atom is 0.252 e. The molecule has 2 aliphatic rings. The van der Waals surface area contributed by atoms with Gasteiger partial charge in [-0.1, -0.05) is 231 Å². The first-order valence-electron chi connectivity index (χ1n) is 27.2. The average molecular weight is 1000 g/mol. The lowest BCUT2D eigenvalue weighted by molar-refractivity contribution is 1.18. The third kappa shape index (κ3) is 7.46. The predicted octanol–water partition coefficient (Wildman–Crippen LogP) is 17.5. The Labute approximate surface area is 458 Å². The first-order valence-corrected chi connectivity index (χ1v) is 27.2. The Hall–Kier alpha value is -10.4. The smallest absolute Gasteiger partial charge is 0.252 e. The van der Waals surface area contributed by atoms with Crippen LogP contribution >= 0.6 is 0 Å². The van der Waals surface area contributed by atoms with Gasteiger partial charge in [0.2, 0.25) is 0 Å². The molecule has 5 heteroatoms. The third-order valence-corrected chi connectivity index (χ3v) is 16.4. The van der Waals surface area contributed by atoms with Crippen LogP contribution in [0.15, 0.2) is 285 Å². The van der Waals surface area contributed by atoms with Gasteiger partial charge in [0.05, 0.1) is 11.4 Å². The standard InChI is InChI=1S/C74H47BN4/c1-5-17-48(18-6-1)50-33-37-59(38-34-50)78-69-45-63-56(31-29-52-21-13-15-27-61(52)63)41-65(69)75-66-42-57-32-30-53-22-14-16-28-62(53)64(57)46-70(66)79(60-39-35-51(36-40-60)49-19-7-2-8-20-49)72-44-58(43-71(78)73(72)75)74-76-67(54-23-9-3-10-24-54)47-68(77-74)55-25-11-4-12-26-55/h1-47H. The van der Waals surface area contributed by atoms with Gasteiger partial charge in [-0.25, -0.2) is 9.97 Å². The molecule has 0 spiro atoms. The molecule has 2 aliphatic heterocycles. The van der Waals surface area contributed by atoms with Gasteiger partial charge in [0.25, 0.3) is 6.71 Å². The topological polar surface area (TPSA) is 32.3 Å². The summed E-state index contributed by atoms with van der Waals surface area (Å²) in [6, 6.07) is 104. The van der Waals surface area contributed by atoms with Gasteiger partial charge in [-0.05, 0) is 136 Å². The minimum atomic E-state index is -0.146. The van der Waals surface area contributed by atoms with Crippen molar-refractivity contribution in [2.24, 2.45) is 0 Å². The number of benzene rings is 13. The van der Waals surface area contributed by atoms with E-state index in [0.29, 0.717) is 5.82 Å². The molecule has 13 aromatic carbocycles. The van der Waals surface area contributed by atoms with Crippen molar-refractivity contribution in [3.63, 3.8) is 0 Å². The molecule has 366 valence electrons. The van der Waals surface area contributed by atoms with Gasteiger partial charge >= 0.3 is 0 Å². The molecule has 79 heavy (non-hydrogen) atoms. The van der Waals surface area contributed by atoms with Crippen LogP contribution in [0.2, 0.25) is 0 Å². The van der Waals surface area contributed by atoms with Gasteiger partial charge in [-0.3, -0.25) is 0 Å². The SMILES string of the molecule is c1ccc(-c2ccc(N3c4cc5c(ccc6ccccc65)cc4B4c5cc6ccc7ccccc7c6cc5N(c5ccc(-c6ccccc6)cc5)c5cc(-c6nc(-c7ccccc7)cc(-c7ccccc7)n6)cc3c54)cc2)cc1. The van der Waals surface area contributed by atoms with E-state index in [4.69, 9.17) is 9.97 Å². The monoisotopic (exact) mass is 1000 g/mol. The van der Waals surface area contributed by atoms with Crippen molar-refractivity contribution in [2.45, 2.75) is 0 Å². The first kappa shape index (κ1) is 44.9.